The SMILES string of the molecule is CCCN(CC(=O)O)C(=O)C1CC(=O)N(c2ccccc2OC)C1. The number of ether oxygens (including phenoxy) is 1. The molecule has 1 fully saturated rings. The second kappa shape index (κ2) is 7.81. The lowest BCUT2D eigenvalue weighted by Crippen LogP contribution is -2.41. The van der Waals surface area contributed by atoms with E-state index >= 15 is 0 Å². The van der Waals surface area contributed by atoms with E-state index in [2.05, 4.69) is 0 Å². The highest BCUT2D eigenvalue weighted by Crippen LogP contribution is 2.33. The Morgan fingerprint density at radius 2 is 2.08 bits per heavy atom. The number of para-hydroxylation sites is 2. The molecule has 0 aromatic heterocycles. The second-order valence-corrected chi connectivity index (χ2v) is 5.73. The van der Waals surface area contributed by atoms with Crippen LogP contribution in [-0.2, 0) is 14.4 Å². The van der Waals surface area contributed by atoms with E-state index in [1.807, 2.05) is 6.92 Å². The van der Waals surface area contributed by atoms with Gasteiger partial charge in [0, 0.05) is 19.5 Å². The summed E-state index contributed by atoms with van der Waals surface area (Å²) >= 11 is 0. The zero-order valence-electron chi connectivity index (χ0n) is 13.9. The third-order valence-corrected chi connectivity index (χ3v) is 3.98. The fraction of sp³-hybridized carbons (Fsp3) is 0.471. The minimum absolute atomic E-state index is 0.0801. The van der Waals surface area contributed by atoms with Gasteiger partial charge in [0.2, 0.25) is 11.8 Å². The lowest BCUT2D eigenvalue weighted by molar-refractivity contribution is -0.146. The number of nitrogens with zero attached hydrogens (tertiary/aromatic N) is 2. The average Bonchev–Trinajstić information content (AvgIpc) is 2.95. The molecule has 1 atom stereocenters. The molecule has 1 aliphatic rings. The van der Waals surface area contributed by atoms with Gasteiger partial charge in [-0.3, -0.25) is 14.4 Å². The molecule has 130 valence electrons. The van der Waals surface area contributed by atoms with Gasteiger partial charge < -0.3 is 19.6 Å². The summed E-state index contributed by atoms with van der Waals surface area (Å²) in [6, 6.07) is 7.13. The number of rotatable bonds is 7. The van der Waals surface area contributed by atoms with Crippen LogP contribution in [0.2, 0.25) is 0 Å². The minimum Gasteiger partial charge on any atom is -0.495 e. The Balaban J connectivity index is 2.16. The topological polar surface area (TPSA) is 87.2 Å². The molecule has 1 aromatic rings. The first kappa shape index (κ1) is 17.8. The zero-order chi connectivity index (χ0) is 17.7. The number of hydrogen-bond donors (Lipinski definition) is 1. The van der Waals surface area contributed by atoms with Gasteiger partial charge >= 0.3 is 5.97 Å². The Morgan fingerprint density at radius 3 is 2.71 bits per heavy atom. The monoisotopic (exact) mass is 334 g/mol. The van der Waals surface area contributed by atoms with Crippen LogP contribution in [0.4, 0.5) is 5.69 Å². The standard InChI is InChI=1S/C17H22N2O5/c1-3-8-18(11-16(21)22)17(23)12-9-15(20)19(10-12)13-6-4-5-7-14(13)24-2/h4-7,12H,3,8-11H2,1-2H3,(H,21,22). The first-order chi connectivity index (χ1) is 11.5. The average molecular weight is 334 g/mol. The molecule has 0 radical (unpaired) electrons. The van der Waals surface area contributed by atoms with Gasteiger partial charge in [0.25, 0.3) is 0 Å². The lowest BCUT2D eigenvalue weighted by atomic mass is 10.1. The van der Waals surface area contributed by atoms with E-state index in [0.29, 0.717) is 24.4 Å². The third-order valence-electron chi connectivity index (χ3n) is 3.98. The number of hydrogen-bond acceptors (Lipinski definition) is 4. The molecule has 0 aliphatic carbocycles. The maximum absolute atomic E-state index is 12.6. The molecule has 2 rings (SSSR count). The van der Waals surface area contributed by atoms with Crippen molar-refractivity contribution in [1.82, 2.24) is 4.90 Å². The van der Waals surface area contributed by atoms with Crippen molar-refractivity contribution in [2.75, 3.05) is 31.6 Å². The first-order valence-electron chi connectivity index (χ1n) is 7.91. The van der Waals surface area contributed by atoms with Crippen molar-refractivity contribution < 1.29 is 24.2 Å². The summed E-state index contributed by atoms with van der Waals surface area (Å²) in [4.78, 5) is 38.7. The summed E-state index contributed by atoms with van der Waals surface area (Å²) in [6.07, 6.45) is 0.743. The zero-order valence-corrected chi connectivity index (χ0v) is 13.9. The van der Waals surface area contributed by atoms with Crippen molar-refractivity contribution in [3.05, 3.63) is 24.3 Å². The highest BCUT2D eigenvalue weighted by Gasteiger charge is 2.38. The lowest BCUT2D eigenvalue weighted by Gasteiger charge is -2.24. The van der Waals surface area contributed by atoms with Crippen molar-refractivity contribution >= 4 is 23.5 Å². The van der Waals surface area contributed by atoms with Gasteiger partial charge in [0.1, 0.15) is 12.3 Å². The number of methoxy groups -OCH3 is 1. The Morgan fingerprint density at radius 1 is 1.38 bits per heavy atom. The van der Waals surface area contributed by atoms with Crippen molar-refractivity contribution in [3.63, 3.8) is 0 Å². The summed E-state index contributed by atoms with van der Waals surface area (Å²) in [5.74, 6) is -1.47. The molecule has 0 bridgehead atoms. The van der Waals surface area contributed by atoms with Gasteiger partial charge in [0.05, 0.1) is 18.7 Å². The largest absolute Gasteiger partial charge is 0.495 e. The molecule has 1 aromatic carbocycles. The molecular formula is C17H22N2O5. The van der Waals surface area contributed by atoms with Crippen LogP contribution in [-0.4, -0.2) is 54.5 Å². The quantitative estimate of drug-likeness (QED) is 0.814. The van der Waals surface area contributed by atoms with Crippen LogP contribution in [0.5, 0.6) is 5.75 Å². The van der Waals surface area contributed by atoms with Crippen molar-refractivity contribution in [1.29, 1.82) is 0 Å². The highest BCUT2D eigenvalue weighted by atomic mass is 16.5. The first-order valence-corrected chi connectivity index (χ1v) is 7.91. The van der Waals surface area contributed by atoms with E-state index in [0.717, 1.165) is 0 Å². The maximum atomic E-state index is 12.6. The van der Waals surface area contributed by atoms with E-state index in [4.69, 9.17) is 9.84 Å². The molecule has 1 unspecified atom stereocenters. The summed E-state index contributed by atoms with van der Waals surface area (Å²) in [5.41, 5.74) is 0.626. The van der Waals surface area contributed by atoms with E-state index < -0.39 is 11.9 Å². The number of carboxylic acids is 1. The maximum Gasteiger partial charge on any atom is 0.323 e. The molecule has 7 nitrogen and oxygen atoms in total. The summed E-state index contributed by atoms with van der Waals surface area (Å²) in [6.45, 7) is 2.14. The van der Waals surface area contributed by atoms with Gasteiger partial charge in [-0.15, -0.1) is 0 Å². The number of amides is 2. The molecule has 1 N–H and O–H groups in total. The highest BCUT2D eigenvalue weighted by molar-refractivity contribution is 6.01. The molecule has 1 heterocycles. The Bertz CT molecular complexity index is 631. The van der Waals surface area contributed by atoms with Gasteiger partial charge in [-0.05, 0) is 18.6 Å². The predicted molar refractivity (Wildman–Crippen MR) is 88.0 cm³/mol. The van der Waals surface area contributed by atoms with Crippen molar-refractivity contribution in [3.8, 4) is 5.75 Å². The van der Waals surface area contributed by atoms with Crippen LogP contribution in [0.3, 0.4) is 0 Å². The number of aliphatic carboxylic acids is 1. The molecule has 0 saturated carbocycles. The van der Waals surface area contributed by atoms with Crippen LogP contribution in [0, 0.1) is 5.92 Å². The van der Waals surface area contributed by atoms with Crippen molar-refractivity contribution in [2.45, 2.75) is 19.8 Å². The van der Waals surface area contributed by atoms with E-state index in [9.17, 15) is 14.4 Å². The van der Waals surface area contributed by atoms with Gasteiger partial charge in [-0.2, -0.15) is 0 Å². The van der Waals surface area contributed by atoms with E-state index in [1.54, 1.807) is 24.3 Å². The summed E-state index contributed by atoms with van der Waals surface area (Å²) < 4.78 is 5.27. The van der Waals surface area contributed by atoms with Gasteiger partial charge in [-0.1, -0.05) is 19.1 Å². The Labute approximate surface area is 140 Å². The minimum atomic E-state index is -1.05. The Kier molecular flexibility index (Phi) is 5.78. The van der Waals surface area contributed by atoms with Crippen LogP contribution in [0.15, 0.2) is 24.3 Å². The predicted octanol–water partition coefficient (Wildman–Crippen LogP) is 1.37. The molecule has 2 amide bonds. The van der Waals surface area contributed by atoms with Crippen LogP contribution < -0.4 is 9.64 Å². The molecule has 7 heteroatoms. The fourth-order valence-corrected chi connectivity index (χ4v) is 2.92. The van der Waals surface area contributed by atoms with E-state index in [1.165, 1.54) is 16.9 Å². The molecule has 1 aliphatic heterocycles. The molecular weight excluding hydrogens is 312 g/mol. The van der Waals surface area contributed by atoms with Crippen LogP contribution >= 0.6 is 0 Å². The van der Waals surface area contributed by atoms with Crippen molar-refractivity contribution in [2.24, 2.45) is 5.92 Å². The van der Waals surface area contributed by atoms with E-state index in [-0.39, 0.29) is 31.3 Å². The van der Waals surface area contributed by atoms with Gasteiger partial charge in [0.15, 0.2) is 0 Å². The summed E-state index contributed by atoms with van der Waals surface area (Å²) in [7, 11) is 1.53. The van der Waals surface area contributed by atoms with Crippen LogP contribution in [0.25, 0.3) is 0 Å². The number of anilines is 1. The molecule has 0 spiro atoms. The third kappa shape index (κ3) is 3.84. The Hall–Kier alpha value is -2.57. The number of carbonyl (C=O) groups is 3. The van der Waals surface area contributed by atoms with Gasteiger partial charge in [-0.25, -0.2) is 0 Å². The smallest absolute Gasteiger partial charge is 0.323 e. The molecule has 1 saturated heterocycles. The number of benzene rings is 1. The number of carbonyl (C=O) groups excluding carboxylic acids is 2. The molecule has 24 heavy (non-hydrogen) atoms. The van der Waals surface area contributed by atoms with Crippen LogP contribution in [0.1, 0.15) is 19.8 Å². The fourth-order valence-electron chi connectivity index (χ4n) is 2.92. The number of carboxylic acid groups (broad SMARTS) is 1. The second-order valence-electron chi connectivity index (χ2n) is 5.73. The summed E-state index contributed by atoms with van der Waals surface area (Å²) in [5, 5.41) is 8.96. The normalized spacial score (nSPS) is 17.0.